The second-order valence-corrected chi connectivity index (χ2v) is 7.35. The van der Waals surface area contributed by atoms with Crippen molar-refractivity contribution in [1.82, 2.24) is 10.0 Å². The maximum atomic E-state index is 13.1. The van der Waals surface area contributed by atoms with Crippen molar-refractivity contribution >= 4 is 23.4 Å². The highest BCUT2D eigenvalue weighted by Crippen LogP contribution is 2.23. The van der Waals surface area contributed by atoms with Crippen molar-refractivity contribution < 1.29 is 9.59 Å². The number of benzene rings is 2. The second kappa shape index (κ2) is 7.28. The fourth-order valence-corrected chi connectivity index (χ4v) is 2.78. The van der Waals surface area contributed by atoms with Crippen LogP contribution in [-0.2, 0) is 0 Å². The van der Waals surface area contributed by atoms with E-state index < -0.39 is 5.54 Å². The van der Waals surface area contributed by atoms with E-state index in [1.165, 1.54) is 10.0 Å². The van der Waals surface area contributed by atoms with Crippen molar-refractivity contribution in [2.45, 2.75) is 33.2 Å². The minimum Gasteiger partial charge on any atom is -0.267 e. The number of amides is 2. The number of rotatable bonds is 2. The first-order chi connectivity index (χ1) is 11.6. The van der Waals surface area contributed by atoms with Crippen LogP contribution in [0.4, 0.5) is 0 Å². The monoisotopic (exact) mass is 358 g/mol. The summed E-state index contributed by atoms with van der Waals surface area (Å²) in [5, 5.41) is 3.35. The fraction of sp³-hybridized carbons (Fsp3) is 0.300. The standard InChI is InChI=1S/C20H23ClN2O2/c1-14-11-12-16(13-17(14)21)19(25)23(20(2,3)4)22(5)18(24)15-9-7-6-8-10-15/h6-13H,1-5H3. The normalized spacial score (nSPS) is 11.1. The molecule has 2 rings (SSSR count). The number of hydrazine groups is 1. The molecule has 5 heteroatoms. The lowest BCUT2D eigenvalue weighted by Crippen LogP contribution is -2.56. The van der Waals surface area contributed by atoms with E-state index >= 15 is 0 Å². The molecule has 0 aromatic heterocycles. The third kappa shape index (κ3) is 4.20. The number of aryl methyl sites for hydroxylation is 1. The van der Waals surface area contributed by atoms with Gasteiger partial charge in [0.25, 0.3) is 11.8 Å². The summed E-state index contributed by atoms with van der Waals surface area (Å²) >= 11 is 6.16. The van der Waals surface area contributed by atoms with Crippen molar-refractivity contribution in [3.05, 3.63) is 70.2 Å². The highest BCUT2D eigenvalue weighted by molar-refractivity contribution is 6.31. The molecule has 0 radical (unpaired) electrons. The molecule has 0 unspecified atom stereocenters. The Morgan fingerprint density at radius 1 is 0.920 bits per heavy atom. The van der Waals surface area contributed by atoms with E-state index in [1.54, 1.807) is 49.5 Å². The molecule has 0 aliphatic carbocycles. The molecule has 0 N–H and O–H groups in total. The molecule has 132 valence electrons. The summed E-state index contributed by atoms with van der Waals surface area (Å²) < 4.78 is 0. The van der Waals surface area contributed by atoms with Crippen LogP contribution < -0.4 is 0 Å². The first-order valence-corrected chi connectivity index (χ1v) is 8.44. The van der Waals surface area contributed by atoms with Crippen LogP contribution in [0.15, 0.2) is 48.5 Å². The summed E-state index contributed by atoms with van der Waals surface area (Å²) in [6.07, 6.45) is 0. The van der Waals surface area contributed by atoms with Crippen molar-refractivity contribution in [3.8, 4) is 0 Å². The highest BCUT2D eigenvalue weighted by atomic mass is 35.5. The quantitative estimate of drug-likeness (QED) is 0.737. The predicted octanol–water partition coefficient (Wildman–Crippen LogP) is 4.58. The van der Waals surface area contributed by atoms with Gasteiger partial charge in [-0.1, -0.05) is 35.9 Å². The molecule has 2 aromatic rings. The molecule has 0 saturated heterocycles. The average molecular weight is 359 g/mol. The number of carbonyl (C=O) groups is 2. The largest absolute Gasteiger partial charge is 0.273 e. The molecule has 0 heterocycles. The molecule has 0 aliphatic heterocycles. The topological polar surface area (TPSA) is 40.6 Å². The Hall–Kier alpha value is -2.33. The first kappa shape index (κ1) is 19.0. The van der Waals surface area contributed by atoms with Crippen molar-refractivity contribution in [2.24, 2.45) is 0 Å². The van der Waals surface area contributed by atoms with E-state index in [0.717, 1.165) is 5.56 Å². The maximum absolute atomic E-state index is 13.1. The molecule has 0 fully saturated rings. The zero-order valence-electron chi connectivity index (χ0n) is 15.2. The number of hydrogen-bond acceptors (Lipinski definition) is 2. The van der Waals surface area contributed by atoms with Crippen molar-refractivity contribution in [2.75, 3.05) is 7.05 Å². The van der Waals surface area contributed by atoms with E-state index in [-0.39, 0.29) is 11.8 Å². The van der Waals surface area contributed by atoms with Crippen LogP contribution >= 0.6 is 11.6 Å². The van der Waals surface area contributed by atoms with E-state index in [4.69, 9.17) is 11.6 Å². The van der Waals surface area contributed by atoms with Crippen molar-refractivity contribution in [1.29, 1.82) is 0 Å². The SMILES string of the molecule is Cc1ccc(C(=O)N(N(C)C(=O)c2ccccc2)C(C)(C)C)cc1Cl. The van der Waals surface area contributed by atoms with Crippen LogP contribution in [-0.4, -0.2) is 34.4 Å². The summed E-state index contributed by atoms with van der Waals surface area (Å²) in [6.45, 7) is 7.53. The lowest BCUT2D eigenvalue weighted by molar-refractivity contribution is -0.0308. The summed E-state index contributed by atoms with van der Waals surface area (Å²) in [6, 6.07) is 14.1. The summed E-state index contributed by atoms with van der Waals surface area (Å²) in [5.41, 5.74) is 1.27. The molecule has 0 saturated carbocycles. The summed E-state index contributed by atoms with van der Waals surface area (Å²) in [4.78, 5) is 25.9. The van der Waals surface area contributed by atoms with Gasteiger partial charge >= 0.3 is 0 Å². The highest BCUT2D eigenvalue weighted by Gasteiger charge is 2.34. The minimum atomic E-state index is -0.590. The Bertz CT molecular complexity index is 782. The van der Waals surface area contributed by atoms with E-state index in [2.05, 4.69) is 0 Å². The van der Waals surface area contributed by atoms with Gasteiger partial charge in [-0.3, -0.25) is 9.59 Å². The minimum absolute atomic E-state index is 0.248. The van der Waals surface area contributed by atoms with Crippen LogP contribution in [0.5, 0.6) is 0 Å². The molecule has 0 aliphatic rings. The Morgan fingerprint density at radius 3 is 2.04 bits per heavy atom. The van der Waals surface area contributed by atoms with Crippen LogP contribution in [0, 0.1) is 6.92 Å². The molecule has 4 nitrogen and oxygen atoms in total. The molecular formula is C20H23ClN2O2. The Balaban J connectivity index is 2.40. The number of carbonyl (C=O) groups excluding carboxylic acids is 2. The summed E-state index contributed by atoms with van der Waals surface area (Å²) in [7, 11) is 1.61. The smallest absolute Gasteiger partial charge is 0.267 e. The average Bonchev–Trinajstić information content (AvgIpc) is 2.56. The van der Waals surface area contributed by atoms with Gasteiger partial charge < -0.3 is 0 Å². The Kier molecular flexibility index (Phi) is 5.53. The molecule has 2 aromatic carbocycles. The molecule has 25 heavy (non-hydrogen) atoms. The molecule has 0 spiro atoms. The van der Waals surface area contributed by atoms with Crippen LogP contribution in [0.25, 0.3) is 0 Å². The summed E-state index contributed by atoms with van der Waals surface area (Å²) in [5.74, 6) is -0.525. The van der Waals surface area contributed by atoms with Gasteiger partial charge in [-0.05, 0) is 57.5 Å². The van der Waals surface area contributed by atoms with Crippen molar-refractivity contribution in [3.63, 3.8) is 0 Å². The van der Waals surface area contributed by atoms with Gasteiger partial charge in [0.1, 0.15) is 0 Å². The van der Waals surface area contributed by atoms with Gasteiger partial charge in [0.2, 0.25) is 0 Å². The van der Waals surface area contributed by atoms with Crippen LogP contribution in [0.3, 0.4) is 0 Å². The lowest BCUT2D eigenvalue weighted by Gasteiger charge is -2.41. The number of nitrogens with zero attached hydrogens (tertiary/aromatic N) is 2. The Morgan fingerprint density at radius 2 is 1.52 bits per heavy atom. The van der Waals surface area contributed by atoms with E-state index in [1.807, 2.05) is 33.8 Å². The first-order valence-electron chi connectivity index (χ1n) is 8.06. The van der Waals surface area contributed by atoms with E-state index in [0.29, 0.717) is 16.1 Å². The predicted molar refractivity (Wildman–Crippen MR) is 101 cm³/mol. The molecule has 0 atom stereocenters. The molecular weight excluding hydrogens is 336 g/mol. The zero-order valence-corrected chi connectivity index (χ0v) is 16.0. The lowest BCUT2D eigenvalue weighted by atomic mass is 10.1. The van der Waals surface area contributed by atoms with Gasteiger partial charge in [-0.15, -0.1) is 0 Å². The number of hydrogen-bond donors (Lipinski definition) is 0. The zero-order chi connectivity index (χ0) is 18.8. The van der Waals surface area contributed by atoms with Gasteiger partial charge in [0.15, 0.2) is 0 Å². The molecule has 0 bridgehead atoms. The molecule has 2 amide bonds. The second-order valence-electron chi connectivity index (χ2n) is 6.95. The van der Waals surface area contributed by atoms with Gasteiger partial charge in [-0.2, -0.15) is 0 Å². The van der Waals surface area contributed by atoms with Crippen LogP contribution in [0.1, 0.15) is 47.1 Å². The Labute approximate surface area is 154 Å². The third-order valence-corrected chi connectivity index (χ3v) is 4.27. The van der Waals surface area contributed by atoms with Gasteiger partial charge in [-0.25, -0.2) is 10.0 Å². The van der Waals surface area contributed by atoms with Crippen LogP contribution in [0.2, 0.25) is 5.02 Å². The maximum Gasteiger partial charge on any atom is 0.273 e. The third-order valence-electron chi connectivity index (χ3n) is 3.86. The fourth-order valence-electron chi connectivity index (χ4n) is 2.60. The van der Waals surface area contributed by atoms with E-state index in [9.17, 15) is 9.59 Å². The van der Waals surface area contributed by atoms with Gasteiger partial charge in [0.05, 0.1) is 5.54 Å². The number of halogens is 1. The van der Waals surface area contributed by atoms with Gasteiger partial charge in [0, 0.05) is 23.2 Å².